The van der Waals surface area contributed by atoms with Gasteiger partial charge in [-0.15, -0.1) is 0 Å². The minimum absolute atomic E-state index is 0.111. The monoisotopic (exact) mass is 374 g/mol. The van der Waals surface area contributed by atoms with E-state index in [0.717, 1.165) is 11.3 Å². The summed E-state index contributed by atoms with van der Waals surface area (Å²) >= 11 is 5.96. The molecule has 2 aromatic rings. The molecule has 5 nitrogen and oxygen atoms in total. The quantitative estimate of drug-likeness (QED) is 0.744. The summed E-state index contributed by atoms with van der Waals surface area (Å²) in [4.78, 5) is 23.9. The highest BCUT2D eigenvalue weighted by molar-refractivity contribution is 6.33. The molecule has 2 amide bonds. The fourth-order valence-corrected chi connectivity index (χ4v) is 2.35. The molecule has 0 heterocycles. The van der Waals surface area contributed by atoms with Crippen LogP contribution in [0.4, 0.5) is 0 Å². The van der Waals surface area contributed by atoms with Crippen LogP contribution in [0.3, 0.4) is 0 Å². The Hall–Kier alpha value is -2.53. The summed E-state index contributed by atoms with van der Waals surface area (Å²) in [5.74, 6) is 0.624. The molecule has 0 atom stereocenters. The van der Waals surface area contributed by atoms with Crippen LogP contribution in [-0.4, -0.2) is 25.0 Å². The van der Waals surface area contributed by atoms with E-state index in [9.17, 15) is 9.59 Å². The van der Waals surface area contributed by atoms with E-state index in [4.69, 9.17) is 16.3 Å². The van der Waals surface area contributed by atoms with Gasteiger partial charge >= 0.3 is 0 Å². The third-order valence-electron chi connectivity index (χ3n) is 3.52. The van der Waals surface area contributed by atoms with Gasteiger partial charge in [0.1, 0.15) is 5.75 Å². The average Bonchev–Trinajstić information content (AvgIpc) is 2.64. The summed E-state index contributed by atoms with van der Waals surface area (Å²) in [7, 11) is 0. The third-order valence-corrected chi connectivity index (χ3v) is 3.85. The molecule has 2 aromatic carbocycles. The fraction of sp³-hybridized carbons (Fsp3) is 0.300. The van der Waals surface area contributed by atoms with Crippen LogP contribution in [0.25, 0.3) is 0 Å². The molecule has 0 saturated carbocycles. The lowest BCUT2D eigenvalue weighted by Crippen LogP contribution is -2.36. The molecule has 26 heavy (non-hydrogen) atoms. The van der Waals surface area contributed by atoms with Gasteiger partial charge in [0, 0.05) is 6.54 Å². The van der Waals surface area contributed by atoms with Gasteiger partial charge in [-0.05, 0) is 35.7 Å². The van der Waals surface area contributed by atoms with Gasteiger partial charge in [-0.1, -0.05) is 49.7 Å². The maximum atomic E-state index is 12.0. The number of nitrogens with one attached hydrogen (secondary N) is 2. The van der Waals surface area contributed by atoms with Crippen molar-refractivity contribution in [1.82, 2.24) is 10.6 Å². The van der Waals surface area contributed by atoms with Crippen molar-refractivity contribution in [2.45, 2.75) is 20.4 Å². The lowest BCUT2D eigenvalue weighted by molar-refractivity contribution is -0.120. The van der Waals surface area contributed by atoms with E-state index in [2.05, 4.69) is 24.5 Å². The van der Waals surface area contributed by atoms with Crippen LogP contribution in [0, 0.1) is 5.92 Å². The van der Waals surface area contributed by atoms with Crippen LogP contribution in [-0.2, 0) is 11.3 Å². The van der Waals surface area contributed by atoms with Crippen LogP contribution in [0.15, 0.2) is 48.5 Å². The van der Waals surface area contributed by atoms with E-state index in [1.54, 1.807) is 24.3 Å². The molecule has 0 bridgehead atoms. The maximum Gasteiger partial charge on any atom is 0.253 e. The first-order chi connectivity index (χ1) is 12.5. The van der Waals surface area contributed by atoms with Gasteiger partial charge in [-0.25, -0.2) is 0 Å². The minimum atomic E-state index is -0.377. The lowest BCUT2D eigenvalue weighted by atomic mass is 10.2. The summed E-state index contributed by atoms with van der Waals surface area (Å²) < 4.78 is 5.62. The maximum absolute atomic E-state index is 12.0. The van der Waals surface area contributed by atoms with Crippen molar-refractivity contribution in [2.24, 2.45) is 5.92 Å². The number of ether oxygens (including phenoxy) is 1. The number of halogens is 1. The molecule has 0 unspecified atom stereocenters. The molecule has 0 spiro atoms. The Morgan fingerprint density at radius 2 is 1.73 bits per heavy atom. The number of rotatable bonds is 8. The van der Waals surface area contributed by atoms with E-state index in [1.165, 1.54) is 0 Å². The van der Waals surface area contributed by atoms with Crippen LogP contribution < -0.4 is 15.4 Å². The van der Waals surface area contributed by atoms with Crippen LogP contribution in [0.2, 0.25) is 5.02 Å². The predicted octanol–water partition coefficient (Wildman–Crippen LogP) is 3.42. The Kier molecular flexibility index (Phi) is 7.48. The third kappa shape index (κ3) is 6.41. The highest BCUT2D eigenvalue weighted by Crippen LogP contribution is 2.14. The van der Waals surface area contributed by atoms with Crippen molar-refractivity contribution in [3.05, 3.63) is 64.7 Å². The van der Waals surface area contributed by atoms with Gasteiger partial charge < -0.3 is 15.4 Å². The second-order valence-electron chi connectivity index (χ2n) is 6.29. The van der Waals surface area contributed by atoms with Gasteiger partial charge in [-0.3, -0.25) is 9.59 Å². The molecular formula is C20H23ClN2O3. The Morgan fingerprint density at radius 3 is 2.38 bits per heavy atom. The Labute approximate surface area is 158 Å². The highest BCUT2D eigenvalue weighted by atomic mass is 35.5. The Balaban J connectivity index is 1.75. The van der Waals surface area contributed by atoms with E-state index in [1.807, 2.05) is 24.3 Å². The molecule has 2 rings (SSSR count). The molecule has 2 N–H and O–H groups in total. The summed E-state index contributed by atoms with van der Waals surface area (Å²) in [5.41, 5.74) is 1.30. The van der Waals surface area contributed by atoms with Crippen molar-refractivity contribution < 1.29 is 14.3 Å². The second-order valence-corrected chi connectivity index (χ2v) is 6.70. The normalized spacial score (nSPS) is 10.5. The van der Waals surface area contributed by atoms with Crippen molar-refractivity contribution in [2.75, 3.05) is 13.2 Å². The van der Waals surface area contributed by atoms with E-state index < -0.39 is 0 Å². The van der Waals surface area contributed by atoms with E-state index in [-0.39, 0.29) is 18.4 Å². The largest absolute Gasteiger partial charge is 0.493 e. The zero-order chi connectivity index (χ0) is 18.9. The number of carbonyl (C=O) groups excluding carboxylic acids is 2. The Bertz CT molecular complexity index is 745. The van der Waals surface area contributed by atoms with Crippen molar-refractivity contribution in [3.8, 4) is 5.75 Å². The number of hydrogen-bond donors (Lipinski definition) is 2. The van der Waals surface area contributed by atoms with Gasteiger partial charge in [0.25, 0.3) is 5.91 Å². The van der Waals surface area contributed by atoms with Crippen LogP contribution in [0.5, 0.6) is 5.75 Å². The van der Waals surface area contributed by atoms with Crippen LogP contribution in [0.1, 0.15) is 29.8 Å². The van der Waals surface area contributed by atoms with Crippen molar-refractivity contribution in [3.63, 3.8) is 0 Å². The highest BCUT2D eigenvalue weighted by Gasteiger charge is 2.10. The summed E-state index contributed by atoms with van der Waals surface area (Å²) in [6.45, 7) is 5.12. The molecular weight excluding hydrogens is 352 g/mol. The number of amides is 2. The summed E-state index contributed by atoms with van der Waals surface area (Å²) in [5, 5.41) is 5.67. The number of hydrogen-bond acceptors (Lipinski definition) is 3. The lowest BCUT2D eigenvalue weighted by Gasteiger charge is -2.10. The minimum Gasteiger partial charge on any atom is -0.493 e. The van der Waals surface area contributed by atoms with Crippen molar-refractivity contribution >= 4 is 23.4 Å². The first-order valence-electron chi connectivity index (χ1n) is 8.47. The first-order valence-corrected chi connectivity index (χ1v) is 8.84. The fourth-order valence-electron chi connectivity index (χ4n) is 2.13. The molecule has 0 aliphatic heterocycles. The van der Waals surface area contributed by atoms with E-state index >= 15 is 0 Å². The number of carbonyl (C=O) groups is 2. The van der Waals surface area contributed by atoms with Crippen LogP contribution >= 0.6 is 11.6 Å². The molecule has 0 aliphatic carbocycles. The number of benzene rings is 2. The smallest absolute Gasteiger partial charge is 0.253 e. The first kappa shape index (κ1) is 19.8. The summed E-state index contributed by atoms with van der Waals surface area (Å²) in [6.07, 6.45) is 0. The molecule has 0 aromatic heterocycles. The van der Waals surface area contributed by atoms with Gasteiger partial charge in [0.15, 0.2) is 0 Å². The SMILES string of the molecule is CC(C)COc1ccc(CNC(=O)CNC(=O)c2ccccc2Cl)cc1. The molecule has 138 valence electrons. The molecule has 0 aliphatic rings. The predicted molar refractivity (Wildman–Crippen MR) is 102 cm³/mol. The zero-order valence-electron chi connectivity index (χ0n) is 14.9. The van der Waals surface area contributed by atoms with E-state index in [0.29, 0.717) is 29.7 Å². The second kappa shape index (κ2) is 9.82. The molecule has 0 radical (unpaired) electrons. The zero-order valence-corrected chi connectivity index (χ0v) is 15.7. The summed E-state index contributed by atoms with van der Waals surface area (Å²) in [6, 6.07) is 14.3. The molecule has 0 saturated heterocycles. The van der Waals surface area contributed by atoms with Gasteiger partial charge in [-0.2, -0.15) is 0 Å². The van der Waals surface area contributed by atoms with Gasteiger partial charge in [0.2, 0.25) is 5.91 Å². The molecule has 6 heteroatoms. The Morgan fingerprint density at radius 1 is 1.04 bits per heavy atom. The van der Waals surface area contributed by atoms with Gasteiger partial charge in [0.05, 0.1) is 23.7 Å². The average molecular weight is 375 g/mol. The molecule has 0 fully saturated rings. The van der Waals surface area contributed by atoms with Crippen molar-refractivity contribution in [1.29, 1.82) is 0 Å². The topological polar surface area (TPSA) is 67.4 Å². The standard InChI is InChI=1S/C20H23ClN2O3/c1-14(2)13-26-16-9-7-15(8-10-16)11-22-19(24)12-23-20(25)17-5-3-4-6-18(17)21/h3-10,14H,11-13H2,1-2H3,(H,22,24)(H,23,25).